The molecule has 4 nitrogen and oxygen atoms in total. The number of benzene rings is 1. The topological polar surface area (TPSA) is 43.8 Å². The maximum absolute atomic E-state index is 12.4. The predicted octanol–water partition coefficient (Wildman–Crippen LogP) is 2.17. The second-order valence-electron chi connectivity index (χ2n) is 5.78. The zero-order chi connectivity index (χ0) is 15.6. The van der Waals surface area contributed by atoms with Crippen LogP contribution in [0.25, 0.3) is 0 Å². The maximum atomic E-state index is 12.4. The molecule has 1 heterocycles. The second-order valence-corrected chi connectivity index (χ2v) is 6.63. The van der Waals surface area contributed by atoms with Crippen molar-refractivity contribution in [2.24, 2.45) is 0 Å². The first kappa shape index (κ1) is 16.7. The summed E-state index contributed by atoms with van der Waals surface area (Å²) in [4.78, 5) is 16.5. The third-order valence-corrected chi connectivity index (χ3v) is 4.22. The molecule has 1 aromatic rings. The maximum Gasteiger partial charge on any atom is 0.178 e. The number of halogens is 2. The third-order valence-electron chi connectivity index (χ3n) is 3.66. The van der Waals surface area contributed by atoms with E-state index in [1.54, 1.807) is 18.2 Å². The monoisotopic (exact) mass is 330 g/mol. The number of likely N-dealkylation sites (N-methyl/N-ethyl adjacent to an activating group) is 1. The molecular formula is C15H20Cl2N2O2. The lowest BCUT2D eigenvalue weighted by Gasteiger charge is -2.26. The molecule has 0 spiro atoms. The summed E-state index contributed by atoms with van der Waals surface area (Å²) in [5.74, 6) is -0.0691. The summed E-state index contributed by atoms with van der Waals surface area (Å²) in [6.45, 7) is 1.58. The smallest absolute Gasteiger partial charge is 0.178 e. The van der Waals surface area contributed by atoms with Crippen LogP contribution in [0.3, 0.4) is 0 Å². The van der Waals surface area contributed by atoms with Gasteiger partial charge < -0.3 is 10.0 Å². The van der Waals surface area contributed by atoms with E-state index in [4.69, 9.17) is 23.2 Å². The minimum Gasteiger partial charge on any atom is -0.392 e. The Labute approximate surface area is 135 Å². The fraction of sp³-hybridized carbons (Fsp3) is 0.533. The minimum atomic E-state index is -0.377. The molecule has 1 N–H and O–H groups in total. The fourth-order valence-electron chi connectivity index (χ4n) is 2.74. The highest BCUT2D eigenvalue weighted by Gasteiger charge is 2.32. The van der Waals surface area contributed by atoms with Gasteiger partial charge in [0.25, 0.3) is 0 Å². The average molecular weight is 331 g/mol. The van der Waals surface area contributed by atoms with E-state index in [1.165, 1.54) is 0 Å². The molecule has 1 aliphatic rings. The number of rotatable bonds is 5. The van der Waals surface area contributed by atoms with E-state index in [2.05, 4.69) is 4.90 Å². The summed E-state index contributed by atoms with van der Waals surface area (Å²) in [7, 11) is 3.97. The molecule has 1 aromatic carbocycles. The molecular weight excluding hydrogens is 311 g/mol. The Morgan fingerprint density at radius 1 is 1.43 bits per heavy atom. The number of nitrogens with zero attached hydrogens (tertiary/aromatic N) is 2. The van der Waals surface area contributed by atoms with Gasteiger partial charge in [-0.05, 0) is 38.7 Å². The van der Waals surface area contributed by atoms with Gasteiger partial charge in [0, 0.05) is 29.7 Å². The number of Topliss-reactive ketones (excluding diaryl/α,β-unsaturated/α-hetero) is 1. The van der Waals surface area contributed by atoms with E-state index in [0.717, 1.165) is 6.54 Å². The number of aliphatic hydroxyl groups is 1. The zero-order valence-electron chi connectivity index (χ0n) is 12.2. The highest BCUT2D eigenvalue weighted by Crippen LogP contribution is 2.23. The number of aliphatic hydroxyl groups excluding tert-OH is 1. The van der Waals surface area contributed by atoms with Gasteiger partial charge in [-0.2, -0.15) is 0 Å². The standard InChI is InChI=1S/C15H20Cl2N2O2/c1-18(2)7-11-6-12(20)8-19(11)9-15(21)13-5-10(16)3-4-14(13)17/h3-5,11-12,20H,6-9H2,1-2H3. The molecule has 0 aromatic heterocycles. The predicted molar refractivity (Wildman–Crippen MR) is 85.3 cm³/mol. The Balaban J connectivity index is 2.09. The van der Waals surface area contributed by atoms with Gasteiger partial charge in [0.2, 0.25) is 0 Å². The average Bonchev–Trinajstić information content (AvgIpc) is 2.71. The van der Waals surface area contributed by atoms with E-state index in [1.807, 2.05) is 19.0 Å². The second kappa shape index (κ2) is 7.07. The van der Waals surface area contributed by atoms with Crippen molar-refractivity contribution in [1.82, 2.24) is 9.80 Å². The van der Waals surface area contributed by atoms with Crippen LogP contribution in [0.15, 0.2) is 18.2 Å². The van der Waals surface area contributed by atoms with Crippen molar-refractivity contribution in [2.45, 2.75) is 18.6 Å². The number of β-amino-alcohol motifs (C(OH)–C–C–N with tert-alkyl or cyclic N) is 1. The fourth-order valence-corrected chi connectivity index (χ4v) is 3.14. The van der Waals surface area contributed by atoms with Crippen LogP contribution in [0.1, 0.15) is 16.8 Å². The van der Waals surface area contributed by atoms with Gasteiger partial charge in [-0.25, -0.2) is 0 Å². The third kappa shape index (κ3) is 4.41. The van der Waals surface area contributed by atoms with Crippen molar-refractivity contribution in [2.75, 3.05) is 33.7 Å². The number of hydrogen-bond acceptors (Lipinski definition) is 4. The molecule has 116 valence electrons. The molecule has 2 unspecified atom stereocenters. The summed E-state index contributed by atoms with van der Waals surface area (Å²) in [5.41, 5.74) is 0.439. The summed E-state index contributed by atoms with van der Waals surface area (Å²) < 4.78 is 0. The lowest BCUT2D eigenvalue weighted by atomic mass is 10.1. The Morgan fingerprint density at radius 3 is 2.81 bits per heavy atom. The molecule has 1 aliphatic heterocycles. The zero-order valence-corrected chi connectivity index (χ0v) is 13.7. The number of ketones is 1. The van der Waals surface area contributed by atoms with Gasteiger partial charge in [-0.15, -0.1) is 0 Å². The van der Waals surface area contributed by atoms with Gasteiger partial charge in [0.1, 0.15) is 0 Å². The lowest BCUT2D eigenvalue weighted by Crippen LogP contribution is -2.40. The Bertz CT molecular complexity index is 522. The first-order valence-corrected chi connectivity index (χ1v) is 7.67. The SMILES string of the molecule is CN(C)CC1CC(O)CN1CC(=O)c1cc(Cl)ccc1Cl. The summed E-state index contributed by atoms with van der Waals surface area (Å²) in [6.07, 6.45) is 0.312. The largest absolute Gasteiger partial charge is 0.392 e. The van der Waals surface area contributed by atoms with Crippen LogP contribution in [0.2, 0.25) is 10.0 Å². The molecule has 1 fully saturated rings. The van der Waals surface area contributed by atoms with Crippen LogP contribution >= 0.6 is 23.2 Å². The minimum absolute atomic E-state index is 0.0691. The quantitative estimate of drug-likeness (QED) is 0.840. The Morgan fingerprint density at radius 2 is 2.14 bits per heavy atom. The van der Waals surface area contributed by atoms with E-state index in [0.29, 0.717) is 28.6 Å². The normalized spacial score (nSPS) is 23.0. The van der Waals surface area contributed by atoms with E-state index in [-0.39, 0.29) is 24.5 Å². The number of likely N-dealkylation sites (tertiary alicyclic amines) is 1. The van der Waals surface area contributed by atoms with E-state index < -0.39 is 0 Å². The Hall–Kier alpha value is -0.650. The molecule has 2 rings (SSSR count). The number of hydrogen-bond donors (Lipinski definition) is 1. The molecule has 0 saturated carbocycles. The van der Waals surface area contributed by atoms with Crippen molar-refractivity contribution >= 4 is 29.0 Å². The molecule has 0 aliphatic carbocycles. The van der Waals surface area contributed by atoms with Crippen LogP contribution in [0.4, 0.5) is 0 Å². The molecule has 6 heteroatoms. The van der Waals surface area contributed by atoms with Crippen LogP contribution in [0, 0.1) is 0 Å². The van der Waals surface area contributed by atoms with Crippen LogP contribution in [-0.4, -0.2) is 66.6 Å². The first-order chi connectivity index (χ1) is 9.86. The molecule has 0 radical (unpaired) electrons. The van der Waals surface area contributed by atoms with Crippen LogP contribution in [-0.2, 0) is 0 Å². The van der Waals surface area contributed by atoms with Gasteiger partial charge in [-0.3, -0.25) is 9.69 Å². The number of carbonyl (C=O) groups is 1. The van der Waals surface area contributed by atoms with Crippen molar-refractivity contribution in [3.8, 4) is 0 Å². The molecule has 2 atom stereocenters. The van der Waals surface area contributed by atoms with Crippen molar-refractivity contribution in [1.29, 1.82) is 0 Å². The van der Waals surface area contributed by atoms with Crippen molar-refractivity contribution in [3.63, 3.8) is 0 Å². The lowest BCUT2D eigenvalue weighted by molar-refractivity contribution is 0.0902. The van der Waals surface area contributed by atoms with Gasteiger partial charge in [-0.1, -0.05) is 23.2 Å². The highest BCUT2D eigenvalue weighted by molar-refractivity contribution is 6.36. The Kier molecular flexibility index (Phi) is 5.63. The molecule has 1 saturated heterocycles. The first-order valence-electron chi connectivity index (χ1n) is 6.92. The van der Waals surface area contributed by atoms with Gasteiger partial charge in [0.15, 0.2) is 5.78 Å². The van der Waals surface area contributed by atoms with Gasteiger partial charge in [0.05, 0.1) is 17.7 Å². The van der Waals surface area contributed by atoms with E-state index in [9.17, 15) is 9.90 Å². The molecule has 0 amide bonds. The van der Waals surface area contributed by atoms with Gasteiger partial charge >= 0.3 is 0 Å². The van der Waals surface area contributed by atoms with Crippen LogP contribution < -0.4 is 0 Å². The van der Waals surface area contributed by atoms with E-state index >= 15 is 0 Å². The van der Waals surface area contributed by atoms with Crippen molar-refractivity contribution < 1.29 is 9.90 Å². The number of carbonyl (C=O) groups excluding carboxylic acids is 1. The van der Waals surface area contributed by atoms with Crippen LogP contribution in [0.5, 0.6) is 0 Å². The molecule has 0 bridgehead atoms. The highest BCUT2D eigenvalue weighted by atomic mass is 35.5. The molecule has 21 heavy (non-hydrogen) atoms. The van der Waals surface area contributed by atoms with Crippen molar-refractivity contribution in [3.05, 3.63) is 33.8 Å². The summed E-state index contributed by atoms with van der Waals surface area (Å²) in [6, 6.07) is 5.07. The summed E-state index contributed by atoms with van der Waals surface area (Å²) in [5, 5.41) is 10.8. The summed E-state index contributed by atoms with van der Waals surface area (Å²) >= 11 is 12.0.